The molecule has 90 valence electrons. The van der Waals surface area contributed by atoms with Crippen molar-refractivity contribution in [2.75, 3.05) is 0 Å². The van der Waals surface area contributed by atoms with Crippen LogP contribution in [0.25, 0.3) is 0 Å². The van der Waals surface area contributed by atoms with Crippen LogP contribution in [-0.2, 0) is 0 Å². The van der Waals surface area contributed by atoms with Gasteiger partial charge in [-0.15, -0.1) is 11.6 Å². The van der Waals surface area contributed by atoms with E-state index in [1.165, 1.54) is 11.1 Å². The Hall–Kier alpha value is -0.200. The number of hydrogen-bond donors (Lipinski definition) is 0. The quantitative estimate of drug-likeness (QED) is 0.600. The Morgan fingerprint density at radius 2 is 1.69 bits per heavy atom. The number of halogens is 2. The van der Waals surface area contributed by atoms with Crippen LogP contribution in [-0.4, -0.2) is 0 Å². The van der Waals surface area contributed by atoms with Crippen LogP contribution in [0.2, 0.25) is 5.02 Å². The van der Waals surface area contributed by atoms with E-state index < -0.39 is 0 Å². The molecule has 0 aromatic heterocycles. The minimum atomic E-state index is 0.0657. The van der Waals surface area contributed by atoms with Gasteiger partial charge in [-0.1, -0.05) is 38.4 Å². The number of aryl methyl sites for hydroxylation is 2. The molecule has 0 fully saturated rings. The van der Waals surface area contributed by atoms with Gasteiger partial charge < -0.3 is 0 Å². The maximum atomic E-state index is 6.48. The van der Waals surface area contributed by atoms with E-state index in [1.807, 2.05) is 13.0 Å². The van der Waals surface area contributed by atoms with Gasteiger partial charge in [0.1, 0.15) is 0 Å². The van der Waals surface area contributed by atoms with Gasteiger partial charge in [-0.05, 0) is 48.4 Å². The first kappa shape index (κ1) is 13.9. The van der Waals surface area contributed by atoms with Crippen molar-refractivity contribution < 1.29 is 0 Å². The Balaban J connectivity index is 3.00. The highest BCUT2D eigenvalue weighted by Gasteiger charge is 2.20. The number of rotatable bonds is 2. The summed E-state index contributed by atoms with van der Waals surface area (Å²) in [6, 6.07) is 4.12. The topological polar surface area (TPSA) is 0 Å². The highest BCUT2D eigenvalue weighted by Crippen LogP contribution is 2.36. The Morgan fingerprint density at radius 1 is 1.12 bits per heavy atom. The Morgan fingerprint density at radius 3 is 2.19 bits per heavy atom. The minimum absolute atomic E-state index is 0.0657. The molecule has 0 saturated carbocycles. The van der Waals surface area contributed by atoms with Crippen molar-refractivity contribution in [2.24, 2.45) is 5.41 Å². The third kappa shape index (κ3) is 3.68. The minimum Gasteiger partial charge on any atom is -0.118 e. The molecule has 1 aromatic rings. The zero-order chi connectivity index (χ0) is 12.5. The Bertz CT molecular complexity index is 375. The van der Waals surface area contributed by atoms with Crippen molar-refractivity contribution in [3.8, 4) is 0 Å². The first-order chi connectivity index (χ1) is 7.20. The lowest BCUT2D eigenvalue weighted by Crippen LogP contribution is -2.09. The second-order valence-electron chi connectivity index (χ2n) is 5.69. The first-order valence-corrected chi connectivity index (χ1v) is 6.43. The van der Waals surface area contributed by atoms with Gasteiger partial charge >= 0.3 is 0 Å². The van der Waals surface area contributed by atoms with Gasteiger partial charge in [-0.2, -0.15) is 0 Å². The molecule has 1 aromatic carbocycles. The molecule has 0 radical (unpaired) electrons. The van der Waals surface area contributed by atoms with Gasteiger partial charge in [-0.3, -0.25) is 0 Å². The van der Waals surface area contributed by atoms with E-state index in [2.05, 4.69) is 33.8 Å². The van der Waals surface area contributed by atoms with Gasteiger partial charge in [0.25, 0.3) is 0 Å². The molecular weight excluding hydrogens is 239 g/mol. The molecule has 0 heterocycles. The summed E-state index contributed by atoms with van der Waals surface area (Å²) in [6.45, 7) is 10.7. The molecule has 16 heavy (non-hydrogen) atoms. The lowest BCUT2D eigenvalue weighted by atomic mass is 9.87. The van der Waals surface area contributed by atoms with Crippen LogP contribution in [0.4, 0.5) is 0 Å². The summed E-state index contributed by atoms with van der Waals surface area (Å²) < 4.78 is 0. The molecule has 0 amide bonds. The van der Waals surface area contributed by atoms with Crippen LogP contribution in [0.3, 0.4) is 0 Å². The maximum absolute atomic E-state index is 6.48. The molecule has 0 nitrogen and oxygen atoms in total. The van der Waals surface area contributed by atoms with Crippen molar-refractivity contribution in [3.05, 3.63) is 33.8 Å². The predicted molar refractivity (Wildman–Crippen MR) is 73.6 cm³/mol. The molecular formula is C14H20Cl2. The maximum Gasteiger partial charge on any atom is 0.0592 e. The van der Waals surface area contributed by atoms with Crippen LogP contribution in [0.1, 0.15) is 49.3 Å². The van der Waals surface area contributed by atoms with Crippen LogP contribution < -0.4 is 0 Å². The van der Waals surface area contributed by atoms with E-state index in [4.69, 9.17) is 23.2 Å². The summed E-state index contributed by atoms with van der Waals surface area (Å²) in [5, 5.41) is 0.886. The van der Waals surface area contributed by atoms with Crippen molar-refractivity contribution >= 4 is 23.2 Å². The molecule has 1 rings (SSSR count). The van der Waals surface area contributed by atoms with Crippen molar-refractivity contribution in [2.45, 2.75) is 46.4 Å². The van der Waals surface area contributed by atoms with Crippen LogP contribution in [0.5, 0.6) is 0 Å². The molecule has 0 bridgehead atoms. The van der Waals surface area contributed by atoms with E-state index in [0.29, 0.717) is 0 Å². The standard InChI is InChI=1S/C14H20Cl2/c1-9-7-12(15)10(2)6-11(9)13(16)8-14(3,4)5/h6-7,13H,8H2,1-5H3. The van der Waals surface area contributed by atoms with Crippen molar-refractivity contribution in [1.82, 2.24) is 0 Å². The first-order valence-electron chi connectivity index (χ1n) is 5.61. The van der Waals surface area contributed by atoms with E-state index in [9.17, 15) is 0 Å². The Kier molecular flexibility index (Phi) is 4.31. The molecule has 0 N–H and O–H groups in total. The second-order valence-corrected chi connectivity index (χ2v) is 6.62. The van der Waals surface area contributed by atoms with Crippen molar-refractivity contribution in [3.63, 3.8) is 0 Å². The summed E-state index contributed by atoms with van der Waals surface area (Å²) in [5.41, 5.74) is 3.73. The molecule has 1 atom stereocenters. The number of alkyl halides is 1. The monoisotopic (exact) mass is 258 g/mol. The summed E-state index contributed by atoms with van der Waals surface area (Å²) in [6.07, 6.45) is 0.969. The van der Waals surface area contributed by atoms with Crippen molar-refractivity contribution in [1.29, 1.82) is 0 Å². The number of hydrogen-bond acceptors (Lipinski definition) is 0. The molecule has 0 aliphatic carbocycles. The van der Waals surface area contributed by atoms with Gasteiger partial charge in [0.15, 0.2) is 0 Å². The molecule has 0 aliphatic heterocycles. The zero-order valence-electron chi connectivity index (χ0n) is 10.7. The second kappa shape index (κ2) is 4.98. The highest BCUT2D eigenvalue weighted by molar-refractivity contribution is 6.31. The van der Waals surface area contributed by atoms with E-state index in [1.54, 1.807) is 0 Å². The zero-order valence-corrected chi connectivity index (χ0v) is 12.2. The molecule has 0 spiro atoms. The highest BCUT2D eigenvalue weighted by atomic mass is 35.5. The van der Waals surface area contributed by atoms with Gasteiger partial charge in [0.2, 0.25) is 0 Å². The van der Waals surface area contributed by atoms with Crippen LogP contribution in [0, 0.1) is 19.3 Å². The predicted octanol–water partition coefficient (Wildman–Crippen LogP) is 5.67. The molecule has 2 heteroatoms. The summed E-state index contributed by atoms with van der Waals surface area (Å²) in [7, 11) is 0. The summed E-state index contributed by atoms with van der Waals surface area (Å²) >= 11 is 12.6. The molecule has 0 aliphatic rings. The third-order valence-electron chi connectivity index (χ3n) is 2.68. The van der Waals surface area contributed by atoms with Gasteiger partial charge in [0.05, 0.1) is 5.38 Å². The largest absolute Gasteiger partial charge is 0.118 e. The fourth-order valence-electron chi connectivity index (χ4n) is 1.79. The normalized spacial score (nSPS) is 13.9. The number of benzene rings is 1. The SMILES string of the molecule is Cc1cc(C(Cl)CC(C)(C)C)c(C)cc1Cl. The van der Waals surface area contributed by atoms with Crippen LogP contribution >= 0.6 is 23.2 Å². The molecule has 0 saturated heterocycles. The van der Waals surface area contributed by atoms with Crippen LogP contribution in [0.15, 0.2) is 12.1 Å². The third-order valence-corrected chi connectivity index (χ3v) is 3.47. The average molecular weight is 259 g/mol. The van der Waals surface area contributed by atoms with E-state index in [0.717, 1.165) is 17.0 Å². The van der Waals surface area contributed by atoms with Gasteiger partial charge in [-0.25, -0.2) is 0 Å². The summed E-state index contributed by atoms with van der Waals surface area (Å²) in [5.74, 6) is 0. The summed E-state index contributed by atoms with van der Waals surface area (Å²) in [4.78, 5) is 0. The van der Waals surface area contributed by atoms with E-state index >= 15 is 0 Å². The Labute approximate surface area is 109 Å². The average Bonchev–Trinajstić information content (AvgIpc) is 2.08. The van der Waals surface area contributed by atoms with E-state index in [-0.39, 0.29) is 10.8 Å². The fourth-order valence-corrected chi connectivity index (χ4v) is 2.70. The fraction of sp³-hybridized carbons (Fsp3) is 0.571. The molecule has 1 unspecified atom stereocenters. The van der Waals surface area contributed by atoms with Gasteiger partial charge in [0, 0.05) is 5.02 Å². The smallest absolute Gasteiger partial charge is 0.0592 e. The lowest BCUT2D eigenvalue weighted by molar-refractivity contribution is 0.372. The lowest BCUT2D eigenvalue weighted by Gasteiger charge is -2.23.